The number of nitro groups is 1. The van der Waals surface area contributed by atoms with Crippen molar-refractivity contribution in [3.63, 3.8) is 0 Å². The van der Waals surface area contributed by atoms with Crippen LogP contribution in [-0.2, 0) is 0 Å². The molecule has 5 heteroatoms. The number of carboxylic acids is 1. The molecule has 0 aliphatic rings. The molecule has 0 spiro atoms. The Morgan fingerprint density at radius 2 is 1.83 bits per heavy atom. The van der Waals surface area contributed by atoms with Crippen molar-refractivity contribution in [2.24, 2.45) is 0 Å². The SMILES string of the molecule is O=[13C](O)c1ccc([N+](=O)[O-])cc1. The number of hydrogen-bond donors (Lipinski definition) is 1. The number of aromatic carboxylic acids is 1. The van der Waals surface area contributed by atoms with E-state index in [1.54, 1.807) is 0 Å². The maximum atomic E-state index is 10.3. The molecule has 1 rings (SSSR count). The van der Waals surface area contributed by atoms with Crippen LogP contribution >= 0.6 is 0 Å². The number of rotatable bonds is 2. The number of benzene rings is 1. The van der Waals surface area contributed by atoms with E-state index in [-0.39, 0.29) is 11.3 Å². The predicted octanol–water partition coefficient (Wildman–Crippen LogP) is 1.29. The van der Waals surface area contributed by atoms with Gasteiger partial charge in [-0.05, 0) is 12.1 Å². The van der Waals surface area contributed by atoms with Crippen LogP contribution in [0.1, 0.15) is 10.4 Å². The van der Waals surface area contributed by atoms with E-state index in [0.29, 0.717) is 0 Å². The van der Waals surface area contributed by atoms with Crippen LogP contribution in [0.2, 0.25) is 0 Å². The Morgan fingerprint density at radius 3 is 2.17 bits per heavy atom. The van der Waals surface area contributed by atoms with E-state index in [4.69, 9.17) is 5.11 Å². The molecule has 0 unspecified atom stereocenters. The lowest BCUT2D eigenvalue weighted by molar-refractivity contribution is -0.384. The van der Waals surface area contributed by atoms with E-state index in [2.05, 4.69) is 0 Å². The average molecular weight is 168 g/mol. The molecule has 1 aromatic rings. The summed E-state index contributed by atoms with van der Waals surface area (Å²) in [6.45, 7) is 0. The molecule has 1 aromatic carbocycles. The van der Waals surface area contributed by atoms with Gasteiger partial charge in [-0.1, -0.05) is 0 Å². The first-order chi connectivity index (χ1) is 5.61. The van der Waals surface area contributed by atoms with Crippen molar-refractivity contribution in [2.75, 3.05) is 0 Å². The summed E-state index contributed by atoms with van der Waals surface area (Å²) in [5, 5.41) is 18.6. The zero-order valence-corrected chi connectivity index (χ0v) is 5.93. The molecule has 0 bridgehead atoms. The highest BCUT2D eigenvalue weighted by molar-refractivity contribution is 5.87. The lowest BCUT2D eigenvalue weighted by Gasteiger charge is -1.92. The summed E-state index contributed by atoms with van der Waals surface area (Å²) in [6.07, 6.45) is 0. The number of nitro benzene ring substituents is 1. The van der Waals surface area contributed by atoms with Gasteiger partial charge in [0.2, 0.25) is 0 Å². The lowest BCUT2D eigenvalue weighted by Crippen LogP contribution is -1.96. The van der Waals surface area contributed by atoms with Gasteiger partial charge in [0, 0.05) is 12.1 Å². The summed E-state index contributed by atoms with van der Waals surface area (Å²) >= 11 is 0. The fourth-order valence-electron chi connectivity index (χ4n) is 0.726. The van der Waals surface area contributed by atoms with Crippen LogP contribution in [0.4, 0.5) is 5.69 Å². The highest BCUT2D eigenvalue weighted by Gasteiger charge is 2.06. The van der Waals surface area contributed by atoms with Crippen LogP contribution in [0.25, 0.3) is 0 Å². The molecule has 0 aliphatic carbocycles. The first-order valence-corrected chi connectivity index (χ1v) is 3.09. The quantitative estimate of drug-likeness (QED) is 0.410. The standard InChI is InChI=1S/C7H5NO4/c9-7(10)5-1-3-6(4-2-5)8(11)12/h1-4H,(H,9,10)/i7+1. The summed E-state index contributed by atoms with van der Waals surface area (Å²) in [4.78, 5) is 19.9. The van der Waals surface area contributed by atoms with Crippen molar-refractivity contribution in [2.45, 2.75) is 0 Å². The minimum Gasteiger partial charge on any atom is -0.478 e. The number of carbonyl (C=O) groups is 1. The van der Waals surface area contributed by atoms with Crippen molar-refractivity contribution >= 4 is 11.7 Å². The first-order valence-electron chi connectivity index (χ1n) is 3.09. The summed E-state index contributed by atoms with van der Waals surface area (Å²) in [5.41, 5.74) is -0.0689. The van der Waals surface area contributed by atoms with Gasteiger partial charge in [0.1, 0.15) is 0 Å². The van der Waals surface area contributed by atoms with Crippen LogP contribution < -0.4 is 0 Å². The molecule has 12 heavy (non-hydrogen) atoms. The normalized spacial score (nSPS) is 9.33. The van der Waals surface area contributed by atoms with E-state index in [0.717, 1.165) is 12.1 Å². The van der Waals surface area contributed by atoms with Gasteiger partial charge in [0.25, 0.3) is 5.69 Å². The molecule has 5 nitrogen and oxygen atoms in total. The third-order valence-electron chi connectivity index (χ3n) is 1.33. The summed E-state index contributed by atoms with van der Waals surface area (Å²) in [7, 11) is 0. The van der Waals surface area contributed by atoms with Gasteiger partial charge in [-0.15, -0.1) is 0 Å². The van der Waals surface area contributed by atoms with Gasteiger partial charge < -0.3 is 5.11 Å². The van der Waals surface area contributed by atoms with E-state index in [1.165, 1.54) is 12.1 Å². The molecule has 1 N–H and O–H groups in total. The molecule has 62 valence electrons. The zero-order chi connectivity index (χ0) is 9.14. The molecule has 0 heterocycles. The molecule has 0 fully saturated rings. The minimum absolute atomic E-state index is 0.0422. The van der Waals surface area contributed by atoms with Gasteiger partial charge in [0.05, 0.1) is 10.5 Å². The molecule has 0 saturated carbocycles. The highest BCUT2D eigenvalue weighted by atomic mass is 16.6. The van der Waals surface area contributed by atoms with Gasteiger partial charge in [-0.25, -0.2) is 4.79 Å². The topological polar surface area (TPSA) is 80.4 Å². The van der Waals surface area contributed by atoms with Crippen molar-refractivity contribution in [1.29, 1.82) is 0 Å². The van der Waals surface area contributed by atoms with E-state index in [9.17, 15) is 14.9 Å². The van der Waals surface area contributed by atoms with Gasteiger partial charge in [-0.2, -0.15) is 0 Å². The minimum atomic E-state index is -1.09. The Balaban J connectivity index is 3.01. The van der Waals surface area contributed by atoms with Crippen LogP contribution in [0, 0.1) is 10.1 Å². The maximum Gasteiger partial charge on any atom is 0.335 e. The second-order valence-electron chi connectivity index (χ2n) is 2.11. The van der Waals surface area contributed by atoms with Crippen LogP contribution in [-0.4, -0.2) is 16.0 Å². The van der Waals surface area contributed by atoms with Gasteiger partial charge >= 0.3 is 5.97 Å². The molecule has 0 atom stereocenters. The molecule has 0 saturated heterocycles. The fraction of sp³-hybridized carbons (Fsp3) is 0. The molecule has 0 radical (unpaired) electrons. The van der Waals surface area contributed by atoms with Crippen molar-refractivity contribution < 1.29 is 14.8 Å². The summed E-state index contributed by atoms with van der Waals surface area (Å²) in [6, 6.07) is 4.70. The summed E-state index contributed by atoms with van der Waals surface area (Å²) in [5.74, 6) is -1.09. The lowest BCUT2D eigenvalue weighted by atomic mass is 10.3. The number of hydrogen-bond acceptors (Lipinski definition) is 3. The first kappa shape index (κ1) is 8.19. The Labute approximate surface area is 67.4 Å². The Morgan fingerprint density at radius 1 is 1.33 bits per heavy atom. The Kier molecular flexibility index (Phi) is 2.05. The van der Waals surface area contributed by atoms with Gasteiger partial charge in [-0.3, -0.25) is 10.1 Å². The predicted molar refractivity (Wildman–Crippen MR) is 40.1 cm³/mol. The second-order valence-corrected chi connectivity index (χ2v) is 2.11. The second kappa shape index (κ2) is 3.00. The summed E-state index contributed by atoms with van der Waals surface area (Å²) < 4.78 is 0. The third-order valence-corrected chi connectivity index (χ3v) is 1.33. The van der Waals surface area contributed by atoms with E-state index < -0.39 is 10.9 Å². The molecule has 0 aliphatic heterocycles. The molecular formula is C7H5NO4. The largest absolute Gasteiger partial charge is 0.478 e. The van der Waals surface area contributed by atoms with E-state index in [1.807, 2.05) is 0 Å². The smallest absolute Gasteiger partial charge is 0.335 e. The molecule has 0 amide bonds. The highest BCUT2D eigenvalue weighted by Crippen LogP contribution is 2.11. The zero-order valence-electron chi connectivity index (χ0n) is 5.93. The molecule has 0 aromatic heterocycles. The van der Waals surface area contributed by atoms with Crippen LogP contribution in [0.3, 0.4) is 0 Å². The maximum absolute atomic E-state index is 10.3. The van der Waals surface area contributed by atoms with Crippen molar-refractivity contribution in [3.05, 3.63) is 39.9 Å². The van der Waals surface area contributed by atoms with Crippen molar-refractivity contribution in [3.8, 4) is 0 Å². The van der Waals surface area contributed by atoms with Crippen LogP contribution in [0.5, 0.6) is 0 Å². The Hall–Kier alpha value is -1.91. The number of nitrogens with zero attached hydrogens (tertiary/aromatic N) is 1. The third kappa shape index (κ3) is 1.57. The Bertz CT molecular complexity index is 284. The average Bonchev–Trinajstić information content (AvgIpc) is 2.04. The van der Waals surface area contributed by atoms with E-state index >= 15 is 0 Å². The monoisotopic (exact) mass is 168 g/mol. The fourth-order valence-corrected chi connectivity index (χ4v) is 0.726. The van der Waals surface area contributed by atoms with Crippen LogP contribution in [0.15, 0.2) is 24.3 Å². The number of carboxylic acid groups (broad SMARTS) is 1. The van der Waals surface area contributed by atoms with Gasteiger partial charge in [0.15, 0.2) is 0 Å². The van der Waals surface area contributed by atoms with Crippen molar-refractivity contribution in [1.82, 2.24) is 0 Å². The number of non-ortho nitro benzene ring substituents is 1. The molecular weight excluding hydrogens is 163 g/mol.